The van der Waals surface area contributed by atoms with Crippen molar-refractivity contribution in [2.75, 3.05) is 12.4 Å². The molecule has 4 nitrogen and oxygen atoms in total. The van der Waals surface area contributed by atoms with Crippen LogP contribution in [0, 0.1) is 0 Å². The number of hydrogen-bond acceptors (Lipinski definition) is 4. The van der Waals surface area contributed by atoms with E-state index in [4.69, 9.17) is 27.9 Å². The monoisotopic (exact) mass is 404 g/mol. The minimum Gasteiger partial charge on any atom is -0.497 e. The summed E-state index contributed by atoms with van der Waals surface area (Å²) in [5.74, 6) is 0.492. The average molecular weight is 405 g/mol. The Morgan fingerprint density at radius 3 is 2.81 bits per heavy atom. The lowest BCUT2D eigenvalue weighted by Gasteiger charge is -2.15. The normalized spacial score (nSPS) is 12.3. The van der Waals surface area contributed by atoms with Crippen LogP contribution < -0.4 is 10.1 Å². The van der Waals surface area contributed by atoms with E-state index in [1.165, 1.54) is 16.9 Å². The van der Waals surface area contributed by atoms with Crippen molar-refractivity contribution in [2.24, 2.45) is 0 Å². The van der Waals surface area contributed by atoms with Gasteiger partial charge < -0.3 is 4.74 Å². The van der Waals surface area contributed by atoms with Crippen LogP contribution in [0.3, 0.4) is 0 Å². The molecule has 1 N–H and O–H groups in total. The molecule has 4 rings (SSSR count). The Kier molecular flexibility index (Phi) is 4.61. The largest absolute Gasteiger partial charge is 0.497 e. The van der Waals surface area contributed by atoms with Crippen molar-refractivity contribution in [1.29, 1.82) is 0 Å². The molecule has 26 heavy (non-hydrogen) atoms. The maximum atomic E-state index is 12.5. The number of aryl methyl sites for hydroxylation is 2. The molecule has 3 aromatic rings. The summed E-state index contributed by atoms with van der Waals surface area (Å²) in [5.41, 5.74) is 3.58. The third kappa shape index (κ3) is 3.18. The minimum absolute atomic E-state index is 0.302. The number of methoxy groups -OCH3 is 1. The van der Waals surface area contributed by atoms with Gasteiger partial charge in [-0.3, -0.25) is 10.1 Å². The molecule has 0 aliphatic heterocycles. The highest BCUT2D eigenvalue weighted by Gasteiger charge is 2.22. The van der Waals surface area contributed by atoms with E-state index in [2.05, 4.69) is 16.4 Å². The summed E-state index contributed by atoms with van der Waals surface area (Å²) in [5, 5.41) is 4.20. The first kappa shape index (κ1) is 17.3. The van der Waals surface area contributed by atoms with Gasteiger partial charge in [0.05, 0.1) is 23.4 Å². The molecule has 0 unspecified atom stereocenters. The van der Waals surface area contributed by atoms with Crippen molar-refractivity contribution in [2.45, 2.75) is 12.8 Å². The van der Waals surface area contributed by atoms with Crippen LogP contribution >= 0.6 is 34.5 Å². The number of amides is 1. The predicted octanol–water partition coefficient (Wildman–Crippen LogP) is 5.48. The number of aromatic nitrogens is 1. The maximum absolute atomic E-state index is 12.5. The zero-order valence-corrected chi connectivity index (χ0v) is 16.1. The minimum atomic E-state index is -0.302. The molecule has 0 saturated heterocycles. The highest BCUT2D eigenvalue weighted by Crippen LogP contribution is 2.39. The molecule has 0 spiro atoms. The zero-order valence-electron chi connectivity index (χ0n) is 13.8. The summed E-state index contributed by atoms with van der Waals surface area (Å²) in [6.45, 7) is 0. The zero-order chi connectivity index (χ0) is 18.3. The Hall–Kier alpha value is -2.08. The van der Waals surface area contributed by atoms with Crippen LogP contribution in [0.15, 0.2) is 36.4 Å². The summed E-state index contributed by atoms with van der Waals surface area (Å²) in [7, 11) is 1.65. The van der Waals surface area contributed by atoms with Crippen LogP contribution in [0.5, 0.6) is 5.75 Å². The fourth-order valence-corrected chi connectivity index (χ4v) is 4.46. The number of rotatable bonds is 3. The molecule has 0 bridgehead atoms. The number of anilines is 1. The quantitative estimate of drug-likeness (QED) is 0.628. The number of halogens is 2. The second kappa shape index (κ2) is 6.91. The number of thiazole rings is 1. The number of carbonyl (C=O) groups is 1. The van der Waals surface area contributed by atoms with Gasteiger partial charge in [0.1, 0.15) is 5.75 Å². The molecule has 1 amide bonds. The maximum Gasteiger partial charge on any atom is 0.258 e. The molecule has 0 atom stereocenters. The molecule has 1 aliphatic carbocycles. The SMILES string of the molecule is COc1ccc2c(c1)-c1nc(NC(=O)c3ccc(Cl)cc3Cl)sc1CC2. The first-order valence-corrected chi connectivity index (χ1v) is 9.56. The number of fused-ring (bicyclic) bond motifs is 3. The fraction of sp³-hybridized carbons (Fsp3) is 0.158. The van der Waals surface area contributed by atoms with Gasteiger partial charge in [-0.15, -0.1) is 11.3 Å². The Labute approximate surface area is 164 Å². The van der Waals surface area contributed by atoms with Gasteiger partial charge in [0.15, 0.2) is 5.13 Å². The van der Waals surface area contributed by atoms with E-state index >= 15 is 0 Å². The molecule has 1 aromatic heterocycles. The van der Waals surface area contributed by atoms with Gasteiger partial charge in [-0.05, 0) is 48.7 Å². The van der Waals surface area contributed by atoms with E-state index in [1.807, 2.05) is 12.1 Å². The Bertz CT molecular complexity index is 1020. The Balaban J connectivity index is 1.64. The van der Waals surface area contributed by atoms with Gasteiger partial charge in [-0.1, -0.05) is 29.3 Å². The topological polar surface area (TPSA) is 51.2 Å². The fourth-order valence-electron chi connectivity index (χ4n) is 2.99. The molecule has 0 fully saturated rings. The molecule has 1 heterocycles. The summed E-state index contributed by atoms with van der Waals surface area (Å²) in [6, 6.07) is 10.8. The molecule has 1 aliphatic rings. The first-order chi connectivity index (χ1) is 12.5. The molecular formula is C19H14Cl2N2O2S. The van der Waals surface area contributed by atoms with Gasteiger partial charge in [0.25, 0.3) is 5.91 Å². The average Bonchev–Trinajstić information content (AvgIpc) is 3.04. The van der Waals surface area contributed by atoms with Crippen molar-refractivity contribution in [3.05, 3.63) is 62.4 Å². The smallest absolute Gasteiger partial charge is 0.258 e. The van der Waals surface area contributed by atoms with Gasteiger partial charge >= 0.3 is 0 Å². The van der Waals surface area contributed by atoms with E-state index in [1.54, 1.807) is 25.3 Å². The molecule has 0 radical (unpaired) electrons. The standard InChI is InChI=1S/C19H14Cl2N2O2S/c1-25-12-5-2-10-3-7-16-17(14(10)9-12)22-19(26-16)23-18(24)13-6-4-11(20)8-15(13)21/h2,4-6,8-9H,3,7H2,1H3,(H,22,23,24). The molecule has 7 heteroatoms. The van der Waals surface area contributed by atoms with E-state index in [9.17, 15) is 4.79 Å². The van der Waals surface area contributed by atoms with Crippen molar-refractivity contribution in [1.82, 2.24) is 4.98 Å². The molecule has 0 saturated carbocycles. The van der Waals surface area contributed by atoms with E-state index in [0.29, 0.717) is 20.7 Å². The predicted molar refractivity (Wildman–Crippen MR) is 106 cm³/mol. The van der Waals surface area contributed by atoms with Crippen LogP contribution in [-0.4, -0.2) is 18.0 Å². The second-order valence-corrected chi connectivity index (χ2v) is 7.82. The summed E-state index contributed by atoms with van der Waals surface area (Å²) < 4.78 is 5.33. The van der Waals surface area contributed by atoms with Crippen molar-refractivity contribution < 1.29 is 9.53 Å². The summed E-state index contributed by atoms with van der Waals surface area (Å²) in [4.78, 5) is 18.3. The Morgan fingerprint density at radius 2 is 2.04 bits per heavy atom. The molecular weight excluding hydrogens is 391 g/mol. The highest BCUT2D eigenvalue weighted by molar-refractivity contribution is 7.16. The number of nitrogens with one attached hydrogen (secondary N) is 1. The lowest BCUT2D eigenvalue weighted by Crippen LogP contribution is -2.12. The van der Waals surface area contributed by atoms with E-state index in [-0.39, 0.29) is 5.91 Å². The highest BCUT2D eigenvalue weighted by atomic mass is 35.5. The van der Waals surface area contributed by atoms with Crippen LogP contribution in [-0.2, 0) is 12.8 Å². The second-order valence-electron chi connectivity index (χ2n) is 5.89. The number of carbonyl (C=O) groups excluding carboxylic acids is 1. The van der Waals surface area contributed by atoms with Crippen molar-refractivity contribution >= 4 is 45.6 Å². The van der Waals surface area contributed by atoms with E-state index in [0.717, 1.165) is 34.7 Å². The lowest BCUT2D eigenvalue weighted by molar-refractivity contribution is 0.102. The van der Waals surface area contributed by atoms with E-state index < -0.39 is 0 Å². The Morgan fingerprint density at radius 1 is 1.19 bits per heavy atom. The number of ether oxygens (including phenoxy) is 1. The third-order valence-electron chi connectivity index (χ3n) is 4.29. The van der Waals surface area contributed by atoms with Gasteiger partial charge in [0, 0.05) is 15.5 Å². The number of benzene rings is 2. The third-order valence-corrected chi connectivity index (χ3v) is 5.87. The first-order valence-electron chi connectivity index (χ1n) is 7.98. The molecule has 132 valence electrons. The number of nitrogens with zero attached hydrogens (tertiary/aromatic N) is 1. The van der Waals surface area contributed by atoms with Crippen molar-refractivity contribution in [3.8, 4) is 17.0 Å². The summed E-state index contributed by atoms with van der Waals surface area (Å²) >= 11 is 13.5. The van der Waals surface area contributed by atoms with Crippen LogP contribution in [0.4, 0.5) is 5.13 Å². The van der Waals surface area contributed by atoms with Gasteiger partial charge in [0.2, 0.25) is 0 Å². The van der Waals surface area contributed by atoms with Crippen LogP contribution in [0.1, 0.15) is 20.8 Å². The number of hydrogen-bond donors (Lipinski definition) is 1. The van der Waals surface area contributed by atoms with Crippen LogP contribution in [0.25, 0.3) is 11.3 Å². The molecule has 2 aromatic carbocycles. The van der Waals surface area contributed by atoms with Crippen LogP contribution in [0.2, 0.25) is 10.0 Å². The van der Waals surface area contributed by atoms with Gasteiger partial charge in [-0.2, -0.15) is 0 Å². The summed E-state index contributed by atoms with van der Waals surface area (Å²) in [6.07, 6.45) is 1.86. The lowest BCUT2D eigenvalue weighted by atomic mass is 9.93. The van der Waals surface area contributed by atoms with Crippen molar-refractivity contribution in [3.63, 3.8) is 0 Å². The van der Waals surface area contributed by atoms with Gasteiger partial charge in [-0.25, -0.2) is 4.98 Å².